The molecule has 1 fully saturated rings. The van der Waals surface area contributed by atoms with Gasteiger partial charge in [0.2, 0.25) is 0 Å². The van der Waals surface area contributed by atoms with Crippen LogP contribution in [0.3, 0.4) is 0 Å². The molecule has 0 amide bonds. The fourth-order valence-corrected chi connectivity index (χ4v) is 6.79. The van der Waals surface area contributed by atoms with Crippen molar-refractivity contribution in [3.8, 4) is 11.8 Å². The molecule has 0 N–H and O–H groups in total. The maximum Gasteiger partial charge on any atom is 0.283 e. The quantitative estimate of drug-likeness (QED) is 0.188. The fourth-order valence-electron chi connectivity index (χ4n) is 5.75. The Kier molecular flexibility index (Phi) is 7.95. The molecule has 5 heteroatoms. The van der Waals surface area contributed by atoms with Crippen molar-refractivity contribution in [3.63, 3.8) is 0 Å². The number of hydrogen-bond donors (Lipinski definition) is 0. The van der Waals surface area contributed by atoms with Crippen LogP contribution in [-0.2, 0) is 22.1 Å². The summed E-state index contributed by atoms with van der Waals surface area (Å²) in [5.41, 5.74) is 6.25. The first-order valence-corrected chi connectivity index (χ1v) is 16.2. The van der Waals surface area contributed by atoms with E-state index in [2.05, 4.69) is 88.7 Å². The van der Waals surface area contributed by atoms with E-state index in [0.29, 0.717) is 12.4 Å². The Balaban J connectivity index is 1.62. The lowest BCUT2D eigenvalue weighted by atomic mass is 9.65. The summed E-state index contributed by atoms with van der Waals surface area (Å²) in [6.45, 7) is 6.47. The summed E-state index contributed by atoms with van der Waals surface area (Å²) >= 11 is 0. The normalized spacial score (nSPS) is 18.8. The molecule has 1 aliphatic rings. The summed E-state index contributed by atoms with van der Waals surface area (Å²) < 4.78 is 32.4. The van der Waals surface area contributed by atoms with Gasteiger partial charge in [0.05, 0.1) is 10.8 Å². The van der Waals surface area contributed by atoms with Crippen molar-refractivity contribution in [2.24, 2.45) is 4.40 Å². The van der Waals surface area contributed by atoms with E-state index in [1.165, 1.54) is 0 Å². The monoisotopic (exact) mass is 594 g/mol. The molecule has 0 saturated carbocycles. The van der Waals surface area contributed by atoms with Crippen LogP contribution in [0.1, 0.15) is 44.9 Å². The second-order valence-corrected chi connectivity index (χ2v) is 13.0. The van der Waals surface area contributed by atoms with Crippen LogP contribution < -0.4 is 0 Å². The number of likely N-dealkylation sites (tertiary alicyclic amines) is 1. The number of amidine groups is 1. The van der Waals surface area contributed by atoms with Gasteiger partial charge < -0.3 is 4.90 Å². The van der Waals surface area contributed by atoms with E-state index in [4.69, 9.17) is 0 Å². The highest BCUT2D eigenvalue weighted by atomic mass is 32.2. The van der Waals surface area contributed by atoms with Crippen LogP contribution in [0.25, 0.3) is 0 Å². The Morgan fingerprint density at radius 2 is 1.20 bits per heavy atom. The van der Waals surface area contributed by atoms with Gasteiger partial charge in [-0.2, -0.15) is 8.42 Å². The number of benzene rings is 5. The second kappa shape index (κ2) is 12.0. The van der Waals surface area contributed by atoms with E-state index < -0.39 is 21.5 Å². The number of hydrogen-bond acceptors (Lipinski definition) is 2. The predicted octanol–water partition coefficient (Wildman–Crippen LogP) is 7.95. The smallest absolute Gasteiger partial charge is 0.283 e. The van der Waals surface area contributed by atoms with E-state index in [1.807, 2.05) is 62.4 Å². The molecule has 0 bridgehead atoms. The van der Waals surface area contributed by atoms with Crippen LogP contribution in [0.15, 0.2) is 143 Å². The molecule has 2 atom stereocenters. The average Bonchev–Trinajstić information content (AvgIpc) is 3.04. The van der Waals surface area contributed by atoms with Crippen molar-refractivity contribution >= 4 is 15.9 Å². The molecule has 218 valence electrons. The van der Waals surface area contributed by atoms with Crippen molar-refractivity contribution in [1.82, 2.24) is 4.90 Å². The third-order valence-corrected chi connectivity index (χ3v) is 9.46. The summed E-state index contributed by atoms with van der Waals surface area (Å²) in [6, 6.07) is 43.5. The van der Waals surface area contributed by atoms with Gasteiger partial charge in [-0.25, -0.2) is 0 Å². The van der Waals surface area contributed by atoms with Gasteiger partial charge in [0.15, 0.2) is 0 Å². The van der Waals surface area contributed by atoms with E-state index in [-0.39, 0.29) is 4.90 Å². The van der Waals surface area contributed by atoms with Crippen LogP contribution in [-0.4, -0.2) is 19.2 Å². The van der Waals surface area contributed by atoms with E-state index in [1.54, 1.807) is 24.3 Å². The van der Waals surface area contributed by atoms with E-state index in [9.17, 15) is 8.42 Å². The van der Waals surface area contributed by atoms with Gasteiger partial charge in [-0.1, -0.05) is 138 Å². The second-order valence-electron chi connectivity index (χ2n) is 11.4. The fraction of sp³-hybridized carbons (Fsp3) is 0.154. The molecule has 0 aliphatic carbocycles. The minimum absolute atomic E-state index is 0.167. The lowest BCUT2D eigenvalue weighted by Crippen LogP contribution is -2.66. The van der Waals surface area contributed by atoms with Crippen LogP contribution in [0.5, 0.6) is 0 Å². The lowest BCUT2D eigenvalue weighted by molar-refractivity contribution is 0.140. The van der Waals surface area contributed by atoms with Crippen LogP contribution in [0.2, 0.25) is 0 Å². The number of nitrogens with zero attached hydrogens (tertiary/aromatic N) is 2. The molecule has 1 saturated heterocycles. The Hall–Kier alpha value is -4.92. The van der Waals surface area contributed by atoms with E-state index >= 15 is 0 Å². The Bertz CT molecular complexity index is 1960. The molecule has 6 rings (SSSR count). The van der Waals surface area contributed by atoms with Gasteiger partial charge in [-0.05, 0) is 61.7 Å². The molecule has 0 radical (unpaired) electrons. The van der Waals surface area contributed by atoms with Crippen LogP contribution in [0, 0.1) is 32.6 Å². The molecule has 4 nitrogen and oxygen atoms in total. The zero-order valence-corrected chi connectivity index (χ0v) is 25.9. The molecule has 5 aromatic rings. The molecular formula is C39H34N2O2S. The van der Waals surface area contributed by atoms with Crippen molar-refractivity contribution in [2.75, 3.05) is 0 Å². The third kappa shape index (κ3) is 5.69. The number of rotatable bonds is 6. The zero-order valence-electron chi connectivity index (χ0n) is 25.1. The highest BCUT2D eigenvalue weighted by molar-refractivity contribution is 7.90. The highest BCUT2D eigenvalue weighted by Crippen LogP contribution is 2.53. The summed E-state index contributed by atoms with van der Waals surface area (Å²) in [6.07, 6.45) is 0. The molecular weight excluding hydrogens is 561 g/mol. The van der Waals surface area contributed by atoms with Crippen molar-refractivity contribution < 1.29 is 8.42 Å². The maximum atomic E-state index is 13.9. The summed E-state index contributed by atoms with van der Waals surface area (Å²) in [7, 11) is -4.02. The summed E-state index contributed by atoms with van der Waals surface area (Å²) in [5, 5.41) is 0. The Morgan fingerprint density at radius 1 is 0.682 bits per heavy atom. The van der Waals surface area contributed by atoms with Crippen LogP contribution >= 0.6 is 0 Å². The zero-order chi connectivity index (χ0) is 30.7. The topological polar surface area (TPSA) is 49.7 Å². The van der Waals surface area contributed by atoms with Gasteiger partial charge >= 0.3 is 0 Å². The molecule has 0 spiro atoms. The standard InChI is InChI=1S/C39H34N2O2S/c1-29-14-20-32(21-15-29)26-27-39(35-12-8-5-9-13-35)37(34-22-16-30(2)17-23-34)38(41(39)28-33-10-6-4-7-11-33)40-44(42,43)36-24-18-31(3)19-25-36/h4-25,37H,28H2,1-3H3/b40-38+/t37-,39-/m0/s1. The third-order valence-electron chi connectivity index (χ3n) is 8.17. The molecule has 1 aliphatic heterocycles. The van der Waals surface area contributed by atoms with Gasteiger partial charge in [-0.15, -0.1) is 4.40 Å². The first-order chi connectivity index (χ1) is 21.3. The first kappa shape index (κ1) is 29.2. The van der Waals surface area contributed by atoms with Gasteiger partial charge in [0, 0.05) is 12.1 Å². The Labute approximate surface area is 260 Å². The molecule has 5 aromatic carbocycles. The lowest BCUT2D eigenvalue weighted by Gasteiger charge is -2.58. The van der Waals surface area contributed by atoms with E-state index in [0.717, 1.165) is 38.9 Å². The molecule has 1 heterocycles. The van der Waals surface area contributed by atoms with Gasteiger partial charge in [0.1, 0.15) is 11.4 Å². The number of sulfonamides is 1. The predicted molar refractivity (Wildman–Crippen MR) is 178 cm³/mol. The van der Waals surface area contributed by atoms with Gasteiger partial charge in [0.25, 0.3) is 10.0 Å². The largest absolute Gasteiger partial charge is 0.333 e. The molecule has 44 heavy (non-hydrogen) atoms. The minimum Gasteiger partial charge on any atom is -0.333 e. The molecule has 0 aromatic heterocycles. The number of aryl methyl sites for hydroxylation is 3. The van der Waals surface area contributed by atoms with Crippen molar-refractivity contribution in [3.05, 3.63) is 172 Å². The van der Waals surface area contributed by atoms with Crippen molar-refractivity contribution in [1.29, 1.82) is 0 Å². The first-order valence-electron chi connectivity index (χ1n) is 14.7. The van der Waals surface area contributed by atoms with Crippen molar-refractivity contribution in [2.45, 2.75) is 43.7 Å². The molecule has 0 unspecified atom stereocenters. The summed E-state index contributed by atoms with van der Waals surface area (Å²) in [5.74, 6) is 7.18. The minimum atomic E-state index is -4.02. The van der Waals surface area contributed by atoms with Gasteiger partial charge in [-0.3, -0.25) is 0 Å². The summed E-state index contributed by atoms with van der Waals surface area (Å²) in [4.78, 5) is 2.25. The van der Waals surface area contributed by atoms with Crippen LogP contribution in [0.4, 0.5) is 0 Å². The average molecular weight is 595 g/mol. The Morgan fingerprint density at radius 3 is 1.80 bits per heavy atom. The SMILES string of the molecule is Cc1ccc(C#C[C@]2(c3ccccc3)[C@@H](c3ccc(C)cc3)/C(=N\S(=O)(=O)c3ccc(C)cc3)N2Cc2ccccc2)cc1. The highest BCUT2D eigenvalue weighted by Gasteiger charge is 2.59. The maximum absolute atomic E-state index is 13.9.